The molecule has 0 unspecified atom stereocenters. The maximum Gasteiger partial charge on any atom is 0.0647 e. The van der Waals surface area contributed by atoms with Crippen LogP contribution < -0.4 is 0 Å². The summed E-state index contributed by atoms with van der Waals surface area (Å²) in [6, 6.07) is 10.8. The Labute approximate surface area is 139 Å². The fourth-order valence-corrected chi connectivity index (χ4v) is 3.72. The summed E-state index contributed by atoms with van der Waals surface area (Å²) in [5.74, 6) is 0.239. The number of H-pyrrole nitrogens is 2. The van der Waals surface area contributed by atoms with Crippen molar-refractivity contribution in [1.82, 2.24) is 9.97 Å². The van der Waals surface area contributed by atoms with Gasteiger partial charge in [0.15, 0.2) is 0 Å². The molecular weight excluding hydrogens is 280 g/mol. The van der Waals surface area contributed by atoms with Gasteiger partial charge < -0.3 is 9.97 Å². The van der Waals surface area contributed by atoms with Gasteiger partial charge >= 0.3 is 0 Å². The highest BCUT2D eigenvalue weighted by atomic mass is 14.8. The summed E-state index contributed by atoms with van der Waals surface area (Å²) in [4.78, 5) is 7.13. The lowest BCUT2D eigenvalue weighted by Crippen LogP contribution is -2.09. The summed E-state index contributed by atoms with van der Waals surface area (Å²) >= 11 is 0. The first-order chi connectivity index (χ1) is 11.2. The Morgan fingerprint density at radius 2 is 1.26 bits per heavy atom. The highest BCUT2D eigenvalue weighted by Crippen LogP contribution is 2.36. The first-order valence-corrected chi connectivity index (χ1v) is 8.55. The monoisotopic (exact) mass is 306 g/mol. The van der Waals surface area contributed by atoms with E-state index < -0.39 is 0 Å². The number of hydrogen-bond acceptors (Lipinski definition) is 0. The number of benzene rings is 1. The average Bonchev–Trinajstić information content (AvgIpc) is 3.12. The molecule has 120 valence electrons. The topological polar surface area (TPSA) is 31.6 Å². The van der Waals surface area contributed by atoms with Crippen LogP contribution in [-0.2, 0) is 12.8 Å². The molecule has 2 heteroatoms. The number of aromatic amines is 2. The maximum absolute atomic E-state index is 3.56. The SMILES string of the molecule is CCc1c(C)c[nH]c1C(c1ccccc1)c1[nH]cc(C)c1CC. The van der Waals surface area contributed by atoms with Gasteiger partial charge in [-0.05, 0) is 54.5 Å². The predicted octanol–water partition coefficient (Wildman–Crippen LogP) is 5.26. The summed E-state index contributed by atoms with van der Waals surface area (Å²) in [5, 5.41) is 0. The molecule has 0 aliphatic carbocycles. The second kappa shape index (κ2) is 6.49. The van der Waals surface area contributed by atoms with Crippen molar-refractivity contribution in [1.29, 1.82) is 0 Å². The van der Waals surface area contributed by atoms with Crippen LogP contribution in [0.25, 0.3) is 0 Å². The van der Waals surface area contributed by atoms with Gasteiger partial charge in [0, 0.05) is 23.8 Å². The van der Waals surface area contributed by atoms with E-state index in [2.05, 4.69) is 80.4 Å². The molecule has 2 N–H and O–H groups in total. The molecule has 0 saturated carbocycles. The Balaban J connectivity index is 2.22. The van der Waals surface area contributed by atoms with Crippen LogP contribution in [0.5, 0.6) is 0 Å². The van der Waals surface area contributed by atoms with Crippen molar-refractivity contribution < 1.29 is 0 Å². The van der Waals surface area contributed by atoms with Gasteiger partial charge in [0.1, 0.15) is 0 Å². The summed E-state index contributed by atoms with van der Waals surface area (Å²) in [6.45, 7) is 8.87. The predicted molar refractivity (Wildman–Crippen MR) is 97.2 cm³/mol. The molecule has 2 aromatic heterocycles. The molecule has 2 nitrogen and oxygen atoms in total. The maximum atomic E-state index is 3.56. The molecule has 0 atom stereocenters. The van der Waals surface area contributed by atoms with Gasteiger partial charge in [-0.1, -0.05) is 44.2 Å². The molecule has 0 amide bonds. The van der Waals surface area contributed by atoms with E-state index in [1.54, 1.807) is 0 Å². The number of aromatic nitrogens is 2. The Hall–Kier alpha value is -2.22. The fourth-order valence-electron chi connectivity index (χ4n) is 3.72. The molecule has 0 fully saturated rings. The lowest BCUT2D eigenvalue weighted by molar-refractivity contribution is 0.854. The summed E-state index contributed by atoms with van der Waals surface area (Å²) in [6.07, 6.45) is 6.39. The number of rotatable bonds is 5. The lowest BCUT2D eigenvalue weighted by Gasteiger charge is -2.20. The van der Waals surface area contributed by atoms with E-state index in [-0.39, 0.29) is 5.92 Å². The molecule has 3 aromatic rings. The molecule has 0 aliphatic rings. The Kier molecular flexibility index (Phi) is 4.42. The molecule has 0 saturated heterocycles. The van der Waals surface area contributed by atoms with E-state index in [0.29, 0.717) is 0 Å². The number of nitrogens with one attached hydrogen (secondary N) is 2. The van der Waals surface area contributed by atoms with E-state index >= 15 is 0 Å². The third-order valence-electron chi connectivity index (χ3n) is 4.91. The van der Waals surface area contributed by atoms with Crippen molar-refractivity contribution in [3.63, 3.8) is 0 Å². The minimum Gasteiger partial charge on any atom is -0.364 e. The summed E-state index contributed by atoms with van der Waals surface area (Å²) < 4.78 is 0. The van der Waals surface area contributed by atoms with Crippen molar-refractivity contribution in [3.05, 3.63) is 81.9 Å². The molecule has 0 bridgehead atoms. The Bertz CT molecular complexity index is 729. The van der Waals surface area contributed by atoms with Crippen LogP contribution >= 0.6 is 0 Å². The molecule has 1 aromatic carbocycles. The number of hydrogen-bond donors (Lipinski definition) is 2. The zero-order valence-electron chi connectivity index (χ0n) is 14.5. The molecule has 0 aliphatic heterocycles. The largest absolute Gasteiger partial charge is 0.364 e. The third-order valence-corrected chi connectivity index (χ3v) is 4.91. The molecule has 0 spiro atoms. The van der Waals surface area contributed by atoms with Crippen molar-refractivity contribution in [3.8, 4) is 0 Å². The highest BCUT2D eigenvalue weighted by Gasteiger charge is 2.25. The average molecular weight is 306 g/mol. The van der Waals surface area contributed by atoms with Crippen LogP contribution in [-0.4, -0.2) is 9.97 Å². The van der Waals surface area contributed by atoms with Gasteiger partial charge in [-0.3, -0.25) is 0 Å². The van der Waals surface area contributed by atoms with Crippen molar-refractivity contribution >= 4 is 0 Å². The smallest absolute Gasteiger partial charge is 0.0647 e. The summed E-state index contributed by atoms with van der Waals surface area (Å²) in [5.41, 5.74) is 9.57. The minimum atomic E-state index is 0.239. The molecular formula is C21H26N2. The number of aryl methyl sites for hydroxylation is 2. The zero-order chi connectivity index (χ0) is 16.4. The summed E-state index contributed by atoms with van der Waals surface area (Å²) in [7, 11) is 0. The van der Waals surface area contributed by atoms with E-state index in [4.69, 9.17) is 0 Å². The first-order valence-electron chi connectivity index (χ1n) is 8.55. The van der Waals surface area contributed by atoms with E-state index in [1.807, 2.05) is 0 Å². The van der Waals surface area contributed by atoms with Gasteiger partial charge in [-0.25, -0.2) is 0 Å². The van der Waals surface area contributed by atoms with Gasteiger partial charge in [-0.15, -0.1) is 0 Å². The fraction of sp³-hybridized carbons (Fsp3) is 0.333. The molecule has 3 rings (SSSR count). The first kappa shape index (κ1) is 15.7. The van der Waals surface area contributed by atoms with Crippen LogP contribution in [0.4, 0.5) is 0 Å². The Morgan fingerprint density at radius 3 is 1.70 bits per heavy atom. The van der Waals surface area contributed by atoms with Gasteiger partial charge in [-0.2, -0.15) is 0 Å². The molecule has 2 heterocycles. The lowest BCUT2D eigenvalue weighted by atomic mass is 9.86. The van der Waals surface area contributed by atoms with Crippen LogP contribution in [0, 0.1) is 13.8 Å². The minimum absolute atomic E-state index is 0.239. The van der Waals surface area contributed by atoms with Gasteiger partial charge in [0.2, 0.25) is 0 Å². The van der Waals surface area contributed by atoms with Crippen molar-refractivity contribution in [2.45, 2.75) is 46.5 Å². The third kappa shape index (κ3) is 2.74. The van der Waals surface area contributed by atoms with E-state index in [9.17, 15) is 0 Å². The van der Waals surface area contributed by atoms with Crippen LogP contribution in [0.15, 0.2) is 42.7 Å². The normalized spacial score (nSPS) is 11.3. The molecule has 23 heavy (non-hydrogen) atoms. The standard InChI is InChI=1S/C21H26N2/c1-5-17-14(3)12-22-20(17)19(16-10-8-7-9-11-16)21-18(6-2)15(4)13-23-21/h7-13,19,22-23H,5-6H2,1-4H3. The van der Waals surface area contributed by atoms with Crippen molar-refractivity contribution in [2.75, 3.05) is 0 Å². The quantitative estimate of drug-likeness (QED) is 0.644. The van der Waals surface area contributed by atoms with E-state index in [1.165, 1.54) is 39.2 Å². The molecule has 0 radical (unpaired) electrons. The second-order valence-electron chi connectivity index (χ2n) is 6.28. The van der Waals surface area contributed by atoms with Crippen LogP contribution in [0.3, 0.4) is 0 Å². The van der Waals surface area contributed by atoms with Gasteiger partial charge in [0.25, 0.3) is 0 Å². The van der Waals surface area contributed by atoms with Crippen molar-refractivity contribution in [2.24, 2.45) is 0 Å². The zero-order valence-corrected chi connectivity index (χ0v) is 14.5. The van der Waals surface area contributed by atoms with E-state index in [0.717, 1.165) is 12.8 Å². The second-order valence-corrected chi connectivity index (χ2v) is 6.28. The Morgan fingerprint density at radius 1 is 0.783 bits per heavy atom. The van der Waals surface area contributed by atoms with Crippen LogP contribution in [0.1, 0.15) is 59.0 Å². The van der Waals surface area contributed by atoms with Gasteiger partial charge in [0.05, 0.1) is 5.92 Å². The highest BCUT2D eigenvalue weighted by molar-refractivity contribution is 5.48. The van der Waals surface area contributed by atoms with Crippen LogP contribution in [0.2, 0.25) is 0 Å².